The smallest absolute Gasteiger partial charge is 0.339 e. The Kier molecular flexibility index (Phi) is 4.37. The lowest BCUT2D eigenvalue weighted by atomic mass is 10.0. The van der Waals surface area contributed by atoms with Gasteiger partial charge < -0.3 is 14.5 Å². The lowest BCUT2D eigenvalue weighted by Gasteiger charge is -2.37. The predicted octanol–water partition coefficient (Wildman–Crippen LogP) is 2.95. The Morgan fingerprint density at radius 2 is 1.73 bits per heavy atom. The lowest BCUT2D eigenvalue weighted by Crippen LogP contribution is -2.49. The van der Waals surface area contributed by atoms with Crippen LogP contribution in [0.4, 0.5) is 5.69 Å². The molecule has 1 atom stereocenters. The zero-order valence-corrected chi connectivity index (χ0v) is 14.9. The molecule has 0 bridgehead atoms. The van der Waals surface area contributed by atoms with Gasteiger partial charge in [0.2, 0.25) is 5.91 Å². The maximum atomic E-state index is 12.7. The van der Waals surface area contributed by atoms with Gasteiger partial charge >= 0.3 is 5.97 Å². The van der Waals surface area contributed by atoms with Crippen LogP contribution in [0.25, 0.3) is 0 Å². The van der Waals surface area contributed by atoms with E-state index in [2.05, 4.69) is 24.0 Å². The van der Waals surface area contributed by atoms with Gasteiger partial charge in [-0.2, -0.15) is 0 Å². The monoisotopic (exact) mass is 350 g/mol. The third-order valence-corrected chi connectivity index (χ3v) is 5.23. The standard InChI is InChI=1S/C21H22N2O3/c1-15-6-2-5-9-18(15)22-10-12-23(13-11-22)20(24)14-19-16-7-3-4-8-17(16)21(25)26-19/h2-9,19H,10-14H2,1H3/t19-/m1/s1. The summed E-state index contributed by atoms with van der Waals surface area (Å²) < 4.78 is 5.40. The molecule has 0 aliphatic carbocycles. The fraction of sp³-hybridized carbons (Fsp3) is 0.333. The summed E-state index contributed by atoms with van der Waals surface area (Å²) in [5.74, 6) is -0.285. The summed E-state index contributed by atoms with van der Waals surface area (Å²) >= 11 is 0. The topological polar surface area (TPSA) is 49.9 Å². The van der Waals surface area contributed by atoms with E-state index in [0.29, 0.717) is 18.7 Å². The van der Waals surface area contributed by atoms with Gasteiger partial charge in [0.15, 0.2) is 0 Å². The number of para-hydroxylation sites is 1. The summed E-state index contributed by atoms with van der Waals surface area (Å²) in [5, 5.41) is 0. The summed E-state index contributed by atoms with van der Waals surface area (Å²) in [6.07, 6.45) is -0.242. The highest BCUT2D eigenvalue weighted by Gasteiger charge is 2.33. The molecule has 26 heavy (non-hydrogen) atoms. The van der Waals surface area contributed by atoms with Crippen molar-refractivity contribution in [3.05, 3.63) is 65.2 Å². The first-order chi connectivity index (χ1) is 12.6. The van der Waals surface area contributed by atoms with Crippen molar-refractivity contribution in [3.8, 4) is 0 Å². The van der Waals surface area contributed by atoms with Crippen molar-refractivity contribution in [1.82, 2.24) is 4.90 Å². The van der Waals surface area contributed by atoms with E-state index in [1.807, 2.05) is 35.2 Å². The van der Waals surface area contributed by atoms with Gasteiger partial charge in [-0.25, -0.2) is 4.79 Å². The molecule has 0 saturated carbocycles. The molecule has 2 aromatic rings. The highest BCUT2D eigenvalue weighted by molar-refractivity contribution is 5.94. The maximum absolute atomic E-state index is 12.7. The Morgan fingerprint density at radius 1 is 1.04 bits per heavy atom. The number of amides is 1. The molecular formula is C21H22N2O3. The minimum Gasteiger partial charge on any atom is -0.453 e. The van der Waals surface area contributed by atoms with Crippen molar-refractivity contribution in [1.29, 1.82) is 0 Å². The second kappa shape index (κ2) is 6.83. The number of hydrogen-bond acceptors (Lipinski definition) is 4. The second-order valence-electron chi connectivity index (χ2n) is 6.84. The minimum absolute atomic E-state index is 0.0453. The van der Waals surface area contributed by atoms with Crippen LogP contribution in [-0.4, -0.2) is 43.0 Å². The Balaban J connectivity index is 1.38. The Bertz CT molecular complexity index is 841. The van der Waals surface area contributed by atoms with Crippen LogP contribution in [0.5, 0.6) is 0 Å². The number of benzene rings is 2. The average molecular weight is 350 g/mol. The number of carbonyl (C=O) groups excluding carboxylic acids is 2. The van der Waals surface area contributed by atoms with Gasteiger partial charge in [-0.05, 0) is 24.6 Å². The van der Waals surface area contributed by atoms with Crippen LogP contribution in [0.1, 0.15) is 34.0 Å². The quantitative estimate of drug-likeness (QED) is 0.799. The van der Waals surface area contributed by atoms with E-state index in [0.717, 1.165) is 18.7 Å². The van der Waals surface area contributed by atoms with Gasteiger partial charge in [0.05, 0.1) is 12.0 Å². The van der Waals surface area contributed by atoms with E-state index in [1.165, 1.54) is 11.3 Å². The molecule has 1 fully saturated rings. The third-order valence-electron chi connectivity index (χ3n) is 5.23. The molecule has 0 N–H and O–H groups in total. The van der Waals surface area contributed by atoms with Crippen molar-refractivity contribution in [2.75, 3.05) is 31.1 Å². The summed E-state index contributed by atoms with van der Waals surface area (Å²) in [6, 6.07) is 15.6. The molecule has 2 aliphatic heterocycles. The summed E-state index contributed by atoms with van der Waals surface area (Å²) in [5.41, 5.74) is 3.89. The largest absolute Gasteiger partial charge is 0.453 e. The number of cyclic esters (lactones) is 1. The summed E-state index contributed by atoms with van der Waals surface area (Å²) in [4.78, 5) is 28.8. The van der Waals surface area contributed by atoms with Crippen molar-refractivity contribution in [2.45, 2.75) is 19.4 Å². The molecule has 5 nitrogen and oxygen atoms in total. The van der Waals surface area contributed by atoms with E-state index in [1.54, 1.807) is 6.07 Å². The second-order valence-corrected chi connectivity index (χ2v) is 6.84. The number of rotatable bonds is 3. The molecule has 1 amide bonds. The first-order valence-corrected chi connectivity index (χ1v) is 9.02. The van der Waals surface area contributed by atoms with Crippen molar-refractivity contribution in [3.63, 3.8) is 0 Å². The molecule has 1 saturated heterocycles. The number of piperazine rings is 1. The van der Waals surface area contributed by atoms with E-state index >= 15 is 0 Å². The Morgan fingerprint density at radius 3 is 2.50 bits per heavy atom. The highest BCUT2D eigenvalue weighted by Crippen LogP contribution is 2.33. The number of aryl methyl sites for hydroxylation is 1. The zero-order valence-electron chi connectivity index (χ0n) is 14.9. The number of hydrogen-bond donors (Lipinski definition) is 0. The number of anilines is 1. The van der Waals surface area contributed by atoms with Gasteiger partial charge in [0.25, 0.3) is 0 Å². The molecule has 0 spiro atoms. The van der Waals surface area contributed by atoms with Crippen LogP contribution in [0.3, 0.4) is 0 Å². The van der Waals surface area contributed by atoms with Crippen LogP contribution < -0.4 is 4.90 Å². The average Bonchev–Trinajstić information content (AvgIpc) is 2.98. The normalized spacial score (nSPS) is 19.3. The molecule has 5 heteroatoms. The SMILES string of the molecule is Cc1ccccc1N1CCN(C(=O)C[C@H]2OC(=O)c3ccccc32)CC1. The highest BCUT2D eigenvalue weighted by atomic mass is 16.5. The van der Waals surface area contributed by atoms with Crippen LogP contribution in [-0.2, 0) is 9.53 Å². The van der Waals surface area contributed by atoms with Crippen molar-refractivity contribution >= 4 is 17.6 Å². The van der Waals surface area contributed by atoms with E-state index in [-0.39, 0.29) is 18.3 Å². The van der Waals surface area contributed by atoms with E-state index in [9.17, 15) is 9.59 Å². The molecular weight excluding hydrogens is 328 g/mol. The van der Waals surface area contributed by atoms with Crippen molar-refractivity contribution < 1.29 is 14.3 Å². The van der Waals surface area contributed by atoms with Gasteiger partial charge in [0, 0.05) is 37.4 Å². The lowest BCUT2D eigenvalue weighted by molar-refractivity contribution is -0.133. The van der Waals surface area contributed by atoms with E-state index in [4.69, 9.17) is 4.74 Å². The van der Waals surface area contributed by atoms with E-state index < -0.39 is 6.10 Å². The number of carbonyl (C=O) groups is 2. The molecule has 4 rings (SSSR count). The minimum atomic E-state index is -0.458. The first-order valence-electron chi connectivity index (χ1n) is 9.02. The fourth-order valence-electron chi connectivity index (χ4n) is 3.77. The van der Waals surface area contributed by atoms with Crippen LogP contribution >= 0.6 is 0 Å². The van der Waals surface area contributed by atoms with Gasteiger partial charge in [-0.1, -0.05) is 36.4 Å². The summed E-state index contributed by atoms with van der Waals surface area (Å²) in [6.45, 7) is 5.12. The third kappa shape index (κ3) is 3.05. The van der Waals surface area contributed by atoms with Gasteiger partial charge in [0.1, 0.15) is 6.10 Å². The number of nitrogens with zero attached hydrogens (tertiary/aromatic N) is 2. The predicted molar refractivity (Wildman–Crippen MR) is 99.2 cm³/mol. The Hall–Kier alpha value is -2.82. The maximum Gasteiger partial charge on any atom is 0.339 e. The number of fused-ring (bicyclic) bond motifs is 1. The molecule has 0 unspecified atom stereocenters. The molecule has 2 aromatic carbocycles. The van der Waals surface area contributed by atoms with Crippen LogP contribution in [0.2, 0.25) is 0 Å². The fourth-order valence-corrected chi connectivity index (χ4v) is 3.77. The van der Waals surface area contributed by atoms with Gasteiger partial charge in [-0.3, -0.25) is 4.79 Å². The first kappa shape index (κ1) is 16.6. The molecule has 134 valence electrons. The van der Waals surface area contributed by atoms with Gasteiger partial charge in [-0.15, -0.1) is 0 Å². The van der Waals surface area contributed by atoms with Crippen LogP contribution in [0, 0.1) is 6.92 Å². The Labute approximate surface area is 153 Å². The van der Waals surface area contributed by atoms with Crippen LogP contribution in [0.15, 0.2) is 48.5 Å². The van der Waals surface area contributed by atoms with Crippen molar-refractivity contribution in [2.24, 2.45) is 0 Å². The summed E-state index contributed by atoms with van der Waals surface area (Å²) in [7, 11) is 0. The zero-order chi connectivity index (χ0) is 18.1. The molecule has 2 aliphatic rings. The molecule has 2 heterocycles. The molecule has 0 aromatic heterocycles. The number of esters is 1. The number of ether oxygens (including phenoxy) is 1. The molecule has 0 radical (unpaired) electrons.